The number of aliphatic hydroxyl groups excluding tert-OH is 1. The molecule has 0 saturated carbocycles. The smallest absolute Gasteiger partial charge is 0.224 e. The molecular formula is C29H42N2O3. The summed E-state index contributed by atoms with van der Waals surface area (Å²) in [5.41, 5.74) is 11.8. The van der Waals surface area contributed by atoms with E-state index in [0.717, 1.165) is 11.1 Å². The molecule has 5 nitrogen and oxygen atoms in total. The Kier molecular flexibility index (Phi) is 8.70. The quantitative estimate of drug-likeness (QED) is 0.480. The highest BCUT2D eigenvalue weighted by molar-refractivity contribution is 5.83. The molecule has 0 saturated heterocycles. The summed E-state index contributed by atoms with van der Waals surface area (Å²) >= 11 is 0. The second-order valence-corrected chi connectivity index (χ2v) is 11.7. The second-order valence-electron chi connectivity index (χ2n) is 11.7. The lowest BCUT2D eigenvalue weighted by Gasteiger charge is -2.54. The molecule has 5 N–H and O–H groups in total. The van der Waals surface area contributed by atoms with Gasteiger partial charge in [-0.25, -0.2) is 0 Å². The molecule has 0 bridgehead atoms. The summed E-state index contributed by atoms with van der Waals surface area (Å²) < 4.78 is 0. The Morgan fingerprint density at radius 2 is 1.29 bits per heavy atom. The zero-order chi connectivity index (χ0) is 25.7. The van der Waals surface area contributed by atoms with Gasteiger partial charge in [-0.15, -0.1) is 0 Å². The van der Waals surface area contributed by atoms with Gasteiger partial charge in [0.2, 0.25) is 11.8 Å². The standard InChI is InChI=1S/C29H42N2O3/c1-27(2,3)24(23(32)18-22(25(30)33)17-20-13-9-7-10-14-20)29(26(31)34,28(4,5)6)19-21-15-11-8-12-16-21/h7-16,22-24,32H,17-19H2,1-6H3,(H2,30,33)(H2,31,34). The Bertz CT molecular complexity index is 945. The average molecular weight is 467 g/mol. The first kappa shape index (κ1) is 27.6. The first-order valence-electron chi connectivity index (χ1n) is 12.0. The van der Waals surface area contributed by atoms with E-state index in [1.807, 2.05) is 102 Å². The molecule has 2 amide bonds. The van der Waals surface area contributed by atoms with Crippen LogP contribution >= 0.6 is 0 Å². The number of hydrogen-bond acceptors (Lipinski definition) is 3. The molecular weight excluding hydrogens is 424 g/mol. The molecule has 0 fully saturated rings. The van der Waals surface area contributed by atoms with E-state index >= 15 is 0 Å². The predicted octanol–water partition coefficient (Wildman–Crippen LogP) is 4.50. The van der Waals surface area contributed by atoms with E-state index in [0.29, 0.717) is 12.8 Å². The Balaban J connectivity index is 2.56. The third-order valence-electron chi connectivity index (χ3n) is 7.21. The average Bonchev–Trinajstić information content (AvgIpc) is 2.72. The van der Waals surface area contributed by atoms with Crippen LogP contribution in [0.3, 0.4) is 0 Å². The zero-order valence-corrected chi connectivity index (χ0v) is 21.5. The van der Waals surface area contributed by atoms with Crippen LogP contribution in [0.1, 0.15) is 59.1 Å². The molecule has 2 aromatic rings. The van der Waals surface area contributed by atoms with Crippen LogP contribution in [0.4, 0.5) is 0 Å². The lowest BCUT2D eigenvalue weighted by atomic mass is 9.49. The normalized spacial score (nSPS) is 16.8. The summed E-state index contributed by atoms with van der Waals surface area (Å²) in [5, 5.41) is 11.8. The van der Waals surface area contributed by atoms with Crippen molar-refractivity contribution in [1.82, 2.24) is 0 Å². The number of hydrogen-bond donors (Lipinski definition) is 3. The maximum absolute atomic E-state index is 13.4. The minimum atomic E-state index is -1.07. The Morgan fingerprint density at radius 1 is 0.824 bits per heavy atom. The van der Waals surface area contributed by atoms with Gasteiger partial charge in [-0.05, 0) is 41.2 Å². The van der Waals surface area contributed by atoms with E-state index in [-0.39, 0.29) is 6.42 Å². The van der Waals surface area contributed by atoms with E-state index in [1.165, 1.54) is 0 Å². The number of nitrogens with two attached hydrogens (primary N) is 2. The lowest BCUT2D eigenvalue weighted by molar-refractivity contribution is -0.157. The van der Waals surface area contributed by atoms with Crippen LogP contribution in [0.2, 0.25) is 0 Å². The number of carbonyl (C=O) groups is 2. The van der Waals surface area contributed by atoms with Crippen molar-refractivity contribution in [2.45, 2.75) is 66.9 Å². The maximum Gasteiger partial charge on any atom is 0.224 e. The SMILES string of the molecule is CC(C)(C)C(C(O)CC(Cc1ccccc1)C(N)=O)C(Cc1ccccc1)(C(N)=O)C(C)(C)C. The Hall–Kier alpha value is -2.66. The summed E-state index contributed by atoms with van der Waals surface area (Å²) in [6.07, 6.45) is 0.0242. The predicted molar refractivity (Wildman–Crippen MR) is 138 cm³/mol. The van der Waals surface area contributed by atoms with Gasteiger partial charge in [0.25, 0.3) is 0 Å². The van der Waals surface area contributed by atoms with Crippen molar-refractivity contribution >= 4 is 11.8 Å². The minimum Gasteiger partial charge on any atom is -0.393 e. The van der Waals surface area contributed by atoms with Crippen molar-refractivity contribution in [3.8, 4) is 0 Å². The van der Waals surface area contributed by atoms with Crippen LogP contribution in [-0.4, -0.2) is 23.0 Å². The van der Waals surface area contributed by atoms with Gasteiger partial charge in [-0.2, -0.15) is 0 Å². The molecule has 0 spiro atoms. The molecule has 4 atom stereocenters. The number of amides is 2. The van der Waals surface area contributed by atoms with E-state index in [2.05, 4.69) is 0 Å². The van der Waals surface area contributed by atoms with Crippen LogP contribution in [0, 0.1) is 28.1 Å². The van der Waals surface area contributed by atoms with E-state index < -0.39 is 46.0 Å². The fraction of sp³-hybridized carbons (Fsp3) is 0.517. The highest BCUT2D eigenvalue weighted by Crippen LogP contribution is 2.55. The molecule has 0 aliphatic carbocycles. The summed E-state index contributed by atoms with van der Waals surface area (Å²) in [7, 11) is 0. The zero-order valence-electron chi connectivity index (χ0n) is 21.5. The first-order chi connectivity index (χ1) is 15.7. The van der Waals surface area contributed by atoms with Gasteiger partial charge in [-0.1, -0.05) is 102 Å². The topological polar surface area (TPSA) is 106 Å². The van der Waals surface area contributed by atoms with E-state index in [4.69, 9.17) is 11.5 Å². The fourth-order valence-electron chi connectivity index (χ4n) is 5.64. The number of rotatable bonds is 10. The lowest BCUT2D eigenvalue weighted by Crippen LogP contribution is -2.60. The summed E-state index contributed by atoms with van der Waals surface area (Å²) in [6.45, 7) is 12.1. The summed E-state index contributed by atoms with van der Waals surface area (Å²) in [5.74, 6) is -1.99. The molecule has 4 unspecified atom stereocenters. The summed E-state index contributed by atoms with van der Waals surface area (Å²) in [4.78, 5) is 25.8. The van der Waals surface area contributed by atoms with Crippen molar-refractivity contribution in [3.63, 3.8) is 0 Å². The minimum absolute atomic E-state index is 0.159. The highest BCUT2D eigenvalue weighted by atomic mass is 16.3. The van der Waals surface area contributed by atoms with E-state index in [9.17, 15) is 14.7 Å². The van der Waals surface area contributed by atoms with Crippen LogP contribution in [0.5, 0.6) is 0 Å². The summed E-state index contributed by atoms with van der Waals surface area (Å²) in [6, 6.07) is 19.4. The molecule has 0 radical (unpaired) electrons. The third kappa shape index (κ3) is 6.26. The molecule has 0 aliphatic rings. The molecule has 0 aromatic heterocycles. The molecule has 186 valence electrons. The van der Waals surface area contributed by atoms with Gasteiger partial charge >= 0.3 is 0 Å². The number of benzene rings is 2. The van der Waals surface area contributed by atoms with E-state index in [1.54, 1.807) is 0 Å². The number of carbonyl (C=O) groups excluding carboxylic acids is 2. The highest BCUT2D eigenvalue weighted by Gasteiger charge is 2.58. The third-order valence-corrected chi connectivity index (χ3v) is 7.21. The number of primary amides is 2. The van der Waals surface area contributed by atoms with Gasteiger partial charge in [0.15, 0.2) is 0 Å². The molecule has 0 aliphatic heterocycles. The molecule has 2 rings (SSSR count). The first-order valence-corrected chi connectivity index (χ1v) is 12.0. The second kappa shape index (κ2) is 10.7. The van der Waals surface area contributed by atoms with Crippen LogP contribution in [-0.2, 0) is 22.4 Å². The van der Waals surface area contributed by atoms with Gasteiger partial charge in [-0.3, -0.25) is 9.59 Å². The van der Waals surface area contributed by atoms with Crippen LogP contribution < -0.4 is 11.5 Å². The Morgan fingerprint density at radius 3 is 1.68 bits per heavy atom. The van der Waals surface area contributed by atoms with Crippen molar-refractivity contribution in [1.29, 1.82) is 0 Å². The maximum atomic E-state index is 13.4. The van der Waals surface area contributed by atoms with Gasteiger partial charge in [0, 0.05) is 11.8 Å². The van der Waals surface area contributed by atoms with Crippen LogP contribution in [0.15, 0.2) is 60.7 Å². The fourth-order valence-corrected chi connectivity index (χ4v) is 5.64. The Labute approximate surface area is 204 Å². The number of aliphatic hydroxyl groups is 1. The van der Waals surface area contributed by atoms with Crippen molar-refractivity contribution in [2.24, 2.45) is 39.5 Å². The monoisotopic (exact) mass is 466 g/mol. The molecule has 0 heterocycles. The van der Waals surface area contributed by atoms with Gasteiger partial charge in [0.1, 0.15) is 0 Å². The molecule has 5 heteroatoms. The van der Waals surface area contributed by atoms with Gasteiger partial charge in [0.05, 0.1) is 11.5 Å². The van der Waals surface area contributed by atoms with Crippen LogP contribution in [0.25, 0.3) is 0 Å². The van der Waals surface area contributed by atoms with Crippen molar-refractivity contribution in [3.05, 3.63) is 71.8 Å². The molecule has 2 aromatic carbocycles. The molecule has 34 heavy (non-hydrogen) atoms. The van der Waals surface area contributed by atoms with Gasteiger partial charge < -0.3 is 16.6 Å². The van der Waals surface area contributed by atoms with Crippen molar-refractivity contribution < 1.29 is 14.7 Å². The van der Waals surface area contributed by atoms with Crippen molar-refractivity contribution in [2.75, 3.05) is 0 Å². The largest absolute Gasteiger partial charge is 0.393 e.